The molecule has 1 rings (SSSR count). The van der Waals surface area contributed by atoms with Gasteiger partial charge >= 0.3 is 0 Å². The summed E-state index contributed by atoms with van der Waals surface area (Å²) >= 11 is 0. The van der Waals surface area contributed by atoms with Gasteiger partial charge in [0.1, 0.15) is 0 Å². The third-order valence-corrected chi connectivity index (χ3v) is 4.59. The van der Waals surface area contributed by atoms with Crippen molar-refractivity contribution < 1.29 is 5.11 Å². The summed E-state index contributed by atoms with van der Waals surface area (Å²) in [5.41, 5.74) is 0. The van der Waals surface area contributed by atoms with Gasteiger partial charge in [0, 0.05) is 0 Å². The topological polar surface area (TPSA) is 20.2 Å². The van der Waals surface area contributed by atoms with E-state index in [1.165, 1.54) is 64.2 Å². The zero-order valence-electron chi connectivity index (χ0n) is 12.0. The highest BCUT2D eigenvalue weighted by Crippen LogP contribution is 2.35. The van der Waals surface area contributed by atoms with Crippen LogP contribution in [0.4, 0.5) is 0 Å². The molecule has 3 unspecified atom stereocenters. The molecule has 0 aromatic heterocycles. The van der Waals surface area contributed by atoms with Crippen molar-refractivity contribution in [3.63, 3.8) is 0 Å². The number of hydrogen-bond donors (Lipinski definition) is 1. The van der Waals surface area contributed by atoms with Crippen LogP contribution < -0.4 is 0 Å². The van der Waals surface area contributed by atoms with Crippen LogP contribution in [-0.4, -0.2) is 11.2 Å². The van der Waals surface area contributed by atoms with Crippen molar-refractivity contribution in [3.8, 4) is 0 Å². The Labute approximate surface area is 108 Å². The van der Waals surface area contributed by atoms with E-state index in [9.17, 15) is 5.11 Å². The van der Waals surface area contributed by atoms with Gasteiger partial charge in [0.25, 0.3) is 0 Å². The normalized spacial score (nSPS) is 27.0. The molecular weight excluding hydrogens is 208 g/mol. The molecular formula is C16H32O. The fourth-order valence-electron chi connectivity index (χ4n) is 3.42. The van der Waals surface area contributed by atoms with E-state index in [1.54, 1.807) is 0 Å². The highest BCUT2D eigenvalue weighted by atomic mass is 16.3. The number of hydrogen-bond acceptors (Lipinski definition) is 1. The average Bonchev–Trinajstić information content (AvgIpc) is 2.38. The minimum absolute atomic E-state index is 0.0122. The van der Waals surface area contributed by atoms with Gasteiger partial charge in [-0.15, -0.1) is 0 Å². The second-order valence-electron chi connectivity index (χ2n) is 5.89. The highest BCUT2D eigenvalue weighted by Gasteiger charge is 2.28. The number of aliphatic hydroxyl groups excluding tert-OH is 1. The van der Waals surface area contributed by atoms with E-state index >= 15 is 0 Å². The summed E-state index contributed by atoms with van der Waals surface area (Å²) < 4.78 is 0. The third kappa shape index (κ3) is 5.42. The molecule has 1 heteroatoms. The molecule has 1 saturated carbocycles. The maximum Gasteiger partial charge on any atom is 0.0571 e. The van der Waals surface area contributed by atoms with E-state index in [0.717, 1.165) is 12.3 Å². The smallest absolute Gasteiger partial charge is 0.0571 e. The van der Waals surface area contributed by atoms with Crippen molar-refractivity contribution in [2.45, 2.75) is 90.6 Å². The predicted octanol–water partition coefficient (Wildman–Crippen LogP) is 4.92. The molecule has 1 N–H and O–H groups in total. The molecule has 1 aliphatic carbocycles. The van der Waals surface area contributed by atoms with Crippen LogP contribution in [0.3, 0.4) is 0 Å². The highest BCUT2D eigenvalue weighted by molar-refractivity contribution is 4.80. The van der Waals surface area contributed by atoms with E-state index in [1.807, 2.05) is 0 Å². The van der Waals surface area contributed by atoms with E-state index < -0.39 is 0 Å². The van der Waals surface area contributed by atoms with Crippen molar-refractivity contribution >= 4 is 0 Å². The van der Waals surface area contributed by atoms with Gasteiger partial charge in [-0.2, -0.15) is 0 Å². The molecule has 102 valence electrons. The van der Waals surface area contributed by atoms with E-state index in [4.69, 9.17) is 0 Å². The van der Waals surface area contributed by atoms with Crippen molar-refractivity contribution in [3.05, 3.63) is 0 Å². The Morgan fingerprint density at radius 2 is 1.71 bits per heavy atom. The lowest BCUT2D eigenvalue weighted by atomic mass is 9.74. The summed E-state index contributed by atoms with van der Waals surface area (Å²) in [5.74, 6) is 1.41. The fraction of sp³-hybridized carbons (Fsp3) is 1.00. The van der Waals surface area contributed by atoms with Crippen molar-refractivity contribution in [1.29, 1.82) is 0 Å². The first kappa shape index (κ1) is 15.0. The Balaban J connectivity index is 2.18. The molecule has 0 radical (unpaired) electrons. The molecule has 3 atom stereocenters. The first-order valence-electron chi connectivity index (χ1n) is 7.97. The van der Waals surface area contributed by atoms with Crippen LogP contribution in [-0.2, 0) is 0 Å². The van der Waals surface area contributed by atoms with Gasteiger partial charge in [-0.05, 0) is 24.7 Å². The van der Waals surface area contributed by atoms with E-state index in [2.05, 4.69) is 13.8 Å². The summed E-state index contributed by atoms with van der Waals surface area (Å²) in [7, 11) is 0. The largest absolute Gasteiger partial charge is 0.393 e. The van der Waals surface area contributed by atoms with Crippen LogP contribution >= 0.6 is 0 Å². The lowest BCUT2D eigenvalue weighted by Crippen LogP contribution is -2.30. The summed E-state index contributed by atoms with van der Waals surface area (Å²) in [6, 6.07) is 0. The Bertz CT molecular complexity index is 178. The lowest BCUT2D eigenvalue weighted by Gasteiger charge is -2.34. The average molecular weight is 240 g/mol. The van der Waals surface area contributed by atoms with Crippen molar-refractivity contribution in [2.24, 2.45) is 11.8 Å². The zero-order chi connectivity index (χ0) is 12.5. The standard InChI is InChI=1S/C16H32O/c1-3-5-6-7-8-13-16(17)15-12-10-9-11-14(15)4-2/h14-17H,3-13H2,1-2H3. The lowest BCUT2D eigenvalue weighted by molar-refractivity contribution is 0.0383. The second-order valence-corrected chi connectivity index (χ2v) is 5.89. The summed E-state index contributed by atoms with van der Waals surface area (Å²) in [6.07, 6.45) is 14.2. The van der Waals surface area contributed by atoms with Gasteiger partial charge in [0.2, 0.25) is 0 Å². The molecule has 0 spiro atoms. The molecule has 0 saturated heterocycles. The minimum atomic E-state index is -0.0122. The Kier molecular flexibility index (Phi) is 7.92. The third-order valence-electron chi connectivity index (χ3n) is 4.59. The maximum absolute atomic E-state index is 10.3. The Morgan fingerprint density at radius 1 is 1.00 bits per heavy atom. The first-order chi connectivity index (χ1) is 8.29. The molecule has 0 amide bonds. The molecule has 1 fully saturated rings. The molecule has 0 aliphatic heterocycles. The Morgan fingerprint density at radius 3 is 2.41 bits per heavy atom. The molecule has 0 aromatic rings. The summed E-state index contributed by atoms with van der Waals surface area (Å²) in [6.45, 7) is 4.54. The molecule has 0 bridgehead atoms. The van der Waals surface area contributed by atoms with Gasteiger partial charge < -0.3 is 5.11 Å². The summed E-state index contributed by atoms with van der Waals surface area (Å²) in [5, 5.41) is 10.3. The van der Waals surface area contributed by atoms with Crippen LogP contribution in [0.5, 0.6) is 0 Å². The molecule has 0 heterocycles. The van der Waals surface area contributed by atoms with Crippen LogP contribution in [0, 0.1) is 11.8 Å². The number of rotatable bonds is 8. The maximum atomic E-state index is 10.3. The molecule has 17 heavy (non-hydrogen) atoms. The monoisotopic (exact) mass is 240 g/mol. The second kappa shape index (κ2) is 8.97. The van der Waals surface area contributed by atoms with Crippen LogP contribution in [0.1, 0.15) is 84.5 Å². The van der Waals surface area contributed by atoms with Crippen molar-refractivity contribution in [1.82, 2.24) is 0 Å². The van der Waals surface area contributed by atoms with Gasteiger partial charge in [-0.1, -0.05) is 71.6 Å². The van der Waals surface area contributed by atoms with E-state index in [0.29, 0.717) is 5.92 Å². The number of aliphatic hydroxyl groups is 1. The molecule has 1 aliphatic rings. The number of unbranched alkanes of at least 4 members (excludes halogenated alkanes) is 4. The van der Waals surface area contributed by atoms with Crippen LogP contribution in [0.2, 0.25) is 0 Å². The van der Waals surface area contributed by atoms with Crippen LogP contribution in [0.15, 0.2) is 0 Å². The first-order valence-corrected chi connectivity index (χ1v) is 7.97. The Hall–Kier alpha value is -0.0400. The fourth-order valence-corrected chi connectivity index (χ4v) is 3.42. The quantitative estimate of drug-likeness (QED) is 0.597. The zero-order valence-corrected chi connectivity index (χ0v) is 12.0. The van der Waals surface area contributed by atoms with Gasteiger partial charge in [0.15, 0.2) is 0 Å². The molecule has 1 nitrogen and oxygen atoms in total. The molecule has 0 aromatic carbocycles. The van der Waals surface area contributed by atoms with Gasteiger partial charge in [-0.3, -0.25) is 0 Å². The predicted molar refractivity (Wildman–Crippen MR) is 75.1 cm³/mol. The van der Waals surface area contributed by atoms with Crippen LogP contribution in [0.25, 0.3) is 0 Å². The summed E-state index contributed by atoms with van der Waals surface area (Å²) in [4.78, 5) is 0. The van der Waals surface area contributed by atoms with Gasteiger partial charge in [-0.25, -0.2) is 0 Å². The van der Waals surface area contributed by atoms with Gasteiger partial charge in [0.05, 0.1) is 6.10 Å². The van der Waals surface area contributed by atoms with Crippen molar-refractivity contribution in [2.75, 3.05) is 0 Å². The minimum Gasteiger partial charge on any atom is -0.393 e. The SMILES string of the molecule is CCCCCCCC(O)C1CCCCC1CC. The van der Waals surface area contributed by atoms with E-state index in [-0.39, 0.29) is 6.10 Å².